The van der Waals surface area contributed by atoms with Gasteiger partial charge < -0.3 is 5.73 Å². The fraction of sp³-hybridized carbons (Fsp3) is 0.0500. The highest BCUT2D eigenvalue weighted by Gasteiger charge is 2.18. The summed E-state index contributed by atoms with van der Waals surface area (Å²) in [5.74, 6) is 0.210. The van der Waals surface area contributed by atoms with Gasteiger partial charge >= 0.3 is 0 Å². The maximum atomic E-state index is 9.52. The molecule has 3 aromatic rings. The van der Waals surface area contributed by atoms with E-state index in [0.717, 1.165) is 27.9 Å². The summed E-state index contributed by atoms with van der Waals surface area (Å²) in [5.41, 5.74) is 11.2. The molecule has 0 amide bonds. The zero-order valence-corrected chi connectivity index (χ0v) is 13.1. The van der Waals surface area contributed by atoms with E-state index in [1.807, 2.05) is 49.4 Å². The highest BCUT2D eigenvalue weighted by molar-refractivity contribution is 5.84. The Bertz CT molecular complexity index is 975. The Morgan fingerprint density at radius 2 is 1.54 bits per heavy atom. The van der Waals surface area contributed by atoms with Gasteiger partial charge in [0.15, 0.2) is 0 Å². The molecule has 0 unspecified atom stereocenters. The van der Waals surface area contributed by atoms with Gasteiger partial charge in [-0.1, -0.05) is 42.5 Å². The molecule has 1 heterocycles. The zero-order chi connectivity index (χ0) is 17.1. The Hall–Kier alpha value is -3.63. The molecule has 4 heteroatoms. The van der Waals surface area contributed by atoms with Crippen LogP contribution < -0.4 is 5.73 Å². The largest absolute Gasteiger partial charge is 0.383 e. The molecule has 4 nitrogen and oxygen atoms in total. The summed E-state index contributed by atoms with van der Waals surface area (Å²) in [6.45, 7) is 1.93. The minimum atomic E-state index is 0.210. The lowest BCUT2D eigenvalue weighted by Gasteiger charge is -2.15. The molecule has 0 bridgehead atoms. The first kappa shape index (κ1) is 15.3. The van der Waals surface area contributed by atoms with Crippen LogP contribution in [0, 0.1) is 29.6 Å². The van der Waals surface area contributed by atoms with Crippen LogP contribution >= 0.6 is 0 Å². The fourth-order valence-electron chi connectivity index (χ4n) is 2.76. The van der Waals surface area contributed by atoms with Gasteiger partial charge in [0.05, 0.1) is 17.3 Å². The van der Waals surface area contributed by atoms with Gasteiger partial charge in [-0.2, -0.15) is 10.5 Å². The third-order valence-electron chi connectivity index (χ3n) is 3.93. The van der Waals surface area contributed by atoms with Crippen LogP contribution in [0.25, 0.3) is 22.4 Å². The van der Waals surface area contributed by atoms with Crippen molar-refractivity contribution in [1.82, 2.24) is 4.98 Å². The number of nitriles is 2. The SMILES string of the molecule is Cc1c(-c2ccccc2)nc(N)c(C#N)c1-c1ccc(C#N)cc1. The molecule has 1 aromatic heterocycles. The van der Waals surface area contributed by atoms with Crippen LogP contribution in [-0.2, 0) is 0 Å². The first-order valence-electron chi connectivity index (χ1n) is 7.42. The number of nitrogen functional groups attached to an aromatic ring is 1. The number of pyridine rings is 1. The topological polar surface area (TPSA) is 86.5 Å². The molecule has 114 valence electrons. The van der Waals surface area contributed by atoms with E-state index in [1.54, 1.807) is 12.1 Å². The number of hydrogen-bond acceptors (Lipinski definition) is 4. The van der Waals surface area contributed by atoms with Crippen LogP contribution in [0.5, 0.6) is 0 Å². The minimum Gasteiger partial charge on any atom is -0.383 e. The average Bonchev–Trinajstić information content (AvgIpc) is 2.63. The van der Waals surface area contributed by atoms with Gasteiger partial charge in [-0.3, -0.25) is 0 Å². The van der Waals surface area contributed by atoms with Gasteiger partial charge in [-0.15, -0.1) is 0 Å². The number of nitrogens with two attached hydrogens (primary N) is 1. The zero-order valence-electron chi connectivity index (χ0n) is 13.1. The molecule has 3 rings (SSSR count). The van der Waals surface area contributed by atoms with Crippen molar-refractivity contribution in [3.05, 3.63) is 71.3 Å². The summed E-state index contributed by atoms with van der Waals surface area (Å²) in [6, 6.07) is 21.1. The molecule has 0 atom stereocenters. The Morgan fingerprint density at radius 1 is 0.875 bits per heavy atom. The number of rotatable bonds is 2. The second kappa shape index (κ2) is 6.24. The van der Waals surface area contributed by atoms with E-state index in [9.17, 15) is 5.26 Å². The van der Waals surface area contributed by atoms with Crippen LogP contribution in [0.4, 0.5) is 5.82 Å². The number of aromatic nitrogens is 1. The highest BCUT2D eigenvalue weighted by Crippen LogP contribution is 2.35. The third kappa shape index (κ3) is 2.58. The second-order valence-electron chi connectivity index (χ2n) is 5.39. The minimum absolute atomic E-state index is 0.210. The van der Waals surface area contributed by atoms with Crippen molar-refractivity contribution < 1.29 is 0 Å². The monoisotopic (exact) mass is 310 g/mol. The Morgan fingerprint density at radius 3 is 2.12 bits per heavy atom. The smallest absolute Gasteiger partial charge is 0.142 e. The number of anilines is 1. The van der Waals surface area contributed by atoms with E-state index >= 15 is 0 Å². The van der Waals surface area contributed by atoms with E-state index in [-0.39, 0.29) is 5.82 Å². The van der Waals surface area contributed by atoms with Crippen molar-refractivity contribution in [2.24, 2.45) is 0 Å². The molecular formula is C20H14N4. The van der Waals surface area contributed by atoms with Gasteiger partial charge in [0.2, 0.25) is 0 Å². The summed E-state index contributed by atoms with van der Waals surface area (Å²) in [6.07, 6.45) is 0. The normalized spacial score (nSPS) is 9.96. The quantitative estimate of drug-likeness (QED) is 0.773. The van der Waals surface area contributed by atoms with Crippen LogP contribution in [-0.4, -0.2) is 4.98 Å². The number of hydrogen-bond donors (Lipinski definition) is 1. The van der Waals surface area contributed by atoms with Crippen molar-refractivity contribution >= 4 is 5.82 Å². The fourth-order valence-corrected chi connectivity index (χ4v) is 2.76. The second-order valence-corrected chi connectivity index (χ2v) is 5.39. The van der Waals surface area contributed by atoms with Gasteiger partial charge in [-0.25, -0.2) is 4.98 Å². The van der Waals surface area contributed by atoms with Crippen LogP contribution in [0.1, 0.15) is 16.7 Å². The Kier molecular flexibility index (Phi) is 3.97. The first-order valence-corrected chi connectivity index (χ1v) is 7.42. The van der Waals surface area contributed by atoms with Crippen LogP contribution in [0.15, 0.2) is 54.6 Å². The molecule has 2 N–H and O–H groups in total. The van der Waals surface area contributed by atoms with E-state index in [4.69, 9.17) is 11.0 Å². The Balaban J connectivity index is 2.29. The maximum Gasteiger partial charge on any atom is 0.142 e. The lowest BCUT2D eigenvalue weighted by atomic mass is 9.92. The molecule has 0 radical (unpaired) electrons. The van der Waals surface area contributed by atoms with Crippen molar-refractivity contribution in [2.75, 3.05) is 5.73 Å². The van der Waals surface area contributed by atoms with E-state index in [2.05, 4.69) is 17.1 Å². The third-order valence-corrected chi connectivity index (χ3v) is 3.93. The molecule has 2 aromatic carbocycles. The predicted octanol–water partition coefficient (Wildman–Crippen LogP) is 4.05. The summed E-state index contributed by atoms with van der Waals surface area (Å²) in [4.78, 5) is 4.44. The predicted molar refractivity (Wildman–Crippen MR) is 93.7 cm³/mol. The van der Waals surface area contributed by atoms with E-state index in [1.165, 1.54) is 0 Å². The van der Waals surface area contributed by atoms with Gasteiger partial charge in [-0.05, 0) is 30.2 Å². The molecule has 0 spiro atoms. The highest BCUT2D eigenvalue weighted by atomic mass is 14.9. The number of nitrogens with zero attached hydrogens (tertiary/aromatic N) is 3. The lowest BCUT2D eigenvalue weighted by molar-refractivity contribution is 1.26. The average molecular weight is 310 g/mol. The molecule has 0 saturated carbocycles. The molecule has 0 saturated heterocycles. The van der Waals surface area contributed by atoms with Gasteiger partial charge in [0.1, 0.15) is 17.5 Å². The molecular weight excluding hydrogens is 296 g/mol. The van der Waals surface area contributed by atoms with Crippen molar-refractivity contribution in [3.63, 3.8) is 0 Å². The standard InChI is InChI=1S/C20H14N4/c1-13-18(15-9-7-14(11-21)8-10-15)17(12-22)20(23)24-19(13)16-5-3-2-4-6-16/h2-10H,1H3,(H2,23,24). The molecule has 0 aliphatic heterocycles. The number of benzene rings is 2. The first-order chi connectivity index (χ1) is 11.7. The van der Waals surface area contributed by atoms with Crippen molar-refractivity contribution in [2.45, 2.75) is 6.92 Å². The van der Waals surface area contributed by atoms with Gasteiger partial charge in [0.25, 0.3) is 0 Å². The molecule has 0 aliphatic rings. The summed E-state index contributed by atoms with van der Waals surface area (Å²) in [7, 11) is 0. The van der Waals surface area contributed by atoms with Crippen molar-refractivity contribution in [1.29, 1.82) is 10.5 Å². The van der Waals surface area contributed by atoms with Crippen molar-refractivity contribution in [3.8, 4) is 34.5 Å². The van der Waals surface area contributed by atoms with E-state index in [0.29, 0.717) is 11.1 Å². The van der Waals surface area contributed by atoms with Crippen LogP contribution in [0.2, 0.25) is 0 Å². The molecule has 24 heavy (non-hydrogen) atoms. The lowest BCUT2D eigenvalue weighted by Crippen LogP contribution is -2.03. The molecule has 0 aliphatic carbocycles. The maximum absolute atomic E-state index is 9.52. The van der Waals surface area contributed by atoms with Gasteiger partial charge in [0, 0.05) is 11.1 Å². The summed E-state index contributed by atoms with van der Waals surface area (Å²) < 4.78 is 0. The molecule has 0 fully saturated rings. The summed E-state index contributed by atoms with van der Waals surface area (Å²) >= 11 is 0. The van der Waals surface area contributed by atoms with Crippen LogP contribution in [0.3, 0.4) is 0 Å². The Labute approximate surface area is 140 Å². The summed E-state index contributed by atoms with van der Waals surface area (Å²) in [5, 5.41) is 18.5. The van der Waals surface area contributed by atoms with E-state index < -0.39 is 0 Å².